The number of sulfonamides is 1. The summed E-state index contributed by atoms with van der Waals surface area (Å²) >= 11 is 5.56. The zero-order valence-corrected chi connectivity index (χ0v) is 12.1. The number of pyridine rings is 1. The topological polar surface area (TPSA) is 50.3 Å². The van der Waals surface area contributed by atoms with Gasteiger partial charge in [-0.2, -0.15) is 4.31 Å². The summed E-state index contributed by atoms with van der Waals surface area (Å²) < 4.78 is 25.7. The molecule has 4 nitrogen and oxygen atoms in total. The third-order valence-electron chi connectivity index (χ3n) is 2.60. The molecule has 0 atom stereocenters. The number of alkyl halides is 1. The molecule has 1 heterocycles. The van der Waals surface area contributed by atoms with E-state index in [-0.39, 0.29) is 5.75 Å². The van der Waals surface area contributed by atoms with Gasteiger partial charge < -0.3 is 0 Å². The van der Waals surface area contributed by atoms with Gasteiger partial charge in [0.25, 0.3) is 0 Å². The van der Waals surface area contributed by atoms with Crippen molar-refractivity contribution in [1.82, 2.24) is 9.29 Å². The van der Waals surface area contributed by atoms with Gasteiger partial charge in [-0.05, 0) is 25.0 Å². The van der Waals surface area contributed by atoms with E-state index >= 15 is 0 Å². The van der Waals surface area contributed by atoms with Crippen LogP contribution in [0.1, 0.15) is 25.5 Å². The Morgan fingerprint density at radius 1 is 1.33 bits per heavy atom. The average molecular weight is 291 g/mol. The summed E-state index contributed by atoms with van der Waals surface area (Å²) in [6, 6.07) is 5.50. The zero-order chi connectivity index (χ0) is 13.4. The molecule has 0 amide bonds. The van der Waals surface area contributed by atoms with Crippen LogP contribution in [0.25, 0.3) is 0 Å². The lowest BCUT2D eigenvalue weighted by atomic mass is 10.3. The van der Waals surface area contributed by atoms with Crippen molar-refractivity contribution in [3.8, 4) is 0 Å². The molecule has 0 bridgehead atoms. The molecule has 1 aromatic rings. The van der Waals surface area contributed by atoms with E-state index in [1.165, 1.54) is 4.31 Å². The van der Waals surface area contributed by atoms with Crippen LogP contribution in [0.15, 0.2) is 24.4 Å². The molecule has 6 heteroatoms. The lowest BCUT2D eigenvalue weighted by molar-refractivity contribution is 0.418. The molecular weight excluding hydrogens is 272 g/mol. The van der Waals surface area contributed by atoms with Crippen molar-refractivity contribution in [2.45, 2.75) is 26.3 Å². The van der Waals surface area contributed by atoms with Gasteiger partial charge in [0.1, 0.15) is 0 Å². The fourth-order valence-electron chi connectivity index (χ4n) is 1.59. The molecule has 0 aromatic carbocycles. The molecule has 0 spiro atoms. The number of hydrogen-bond acceptors (Lipinski definition) is 3. The van der Waals surface area contributed by atoms with Crippen molar-refractivity contribution >= 4 is 21.6 Å². The smallest absolute Gasteiger partial charge is 0.214 e. The number of halogens is 1. The SMILES string of the molecule is CCN(Cc1ccccn1)S(=O)(=O)CCCCCl. The predicted molar refractivity (Wildman–Crippen MR) is 74.1 cm³/mol. The van der Waals surface area contributed by atoms with Gasteiger partial charge in [0.15, 0.2) is 0 Å². The first-order chi connectivity index (χ1) is 8.60. The lowest BCUT2D eigenvalue weighted by Crippen LogP contribution is -2.32. The number of aromatic nitrogens is 1. The predicted octanol–water partition coefficient (Wildman–Crippen LogP) is 2.25. The van der Waals surface area contributed by atoms with E-state index in [4.69, 9.17) is 11.6 Å². The van der Waals surface area contributed by atoms with E-state index in [1.54, 1.807) is 6.20 Å². The fourth-order valence-corrected chi connectivity index (χ4v) is 3.33. The minimum absolute atomic E-state index is 0.153. The van der Waals surface area contributed by atoms with Crippen molar-refractivity contribution in [1.29, 1.82) is 0 Å². The average Bonchev–Trinajstić information content (AvgIpc) is 2.37. The van der Waals surface area contributed by atoms with Crippen LogP contribution in [-0.4, -0.2) is 35.9 Å². The summed E-state index contributed by atoms with van der Waals surface area (Å²) in [5.74, 6) is 0.655. The third-order valence-corrected chi connectivity index (χ3v) is 4.84. The van der Waals surface area contributed by atoms with Gasteiger partial charge in [0.2, 0.25) is 10.0 Å². The van der Waals surface area contributed by atoms with Gasteiger partial charge in [-0.1, -0.05) is 13.0 Å². The molecule has 0 fully saturated rings. The number of hydrogen-bond donors (Lipinski definition) is 0. The van der Waals surface area contributed by atoms with E-state index in [9.17, 15) is 8.42 Å². The highest BCUT2D eigenvalue weighted by molar-refractivity contribution is 7.89. The van der Waals surface area contributed by atoms with Crippen LogP contribution in [0.5, 0.6) is 0 Å². The molecular formula is C12H19ClN2O2S. The van der Waals surface area contributed by atoms with Crippen molar-refractivity contribution < 1.29 is 8.42 Å². The van der Waals surface area contributed by atoms with Gasteiger partial charge in [0.05, 0.1) is 18.0 Å². The van der Waals surface area contributed by atoms with Crippen molar-refractivity contribution in [3.05, 3.63) is 30.1 Å². The zero-order valence-electron chi connectivity index (χ0n) is 10.5. The molecule has 102 valence electrons. The molecule has 0 saturated carbocycles. The summed E-state index contributed by atoms with van der Waals surface area (Å²) in [5.41, 5.74) is 0.764. The third kappa shape index (κ3) is 4.92. The minimum Gasteiger partial charge on any atom is -0.260 e. The maximum absolute atomic E-state index is 12.1. The summed E-state index contributed by atoms with van der Waals surface area (Å²) in [5, 5.41) is 0. The summed E-state index contributed by atoms with van der Waals surface area (Å²) in [4.78, 5) is 4.15. The van der Waals surface area contributed by atoms with Gasteiger partial charge in [-0.3, -0.25) is 4.98 Å². The number of rotatable bonds is 8. The molecule has 0 aliphatic heterocycles. The molecule has 18 heavy (non-hydrogen) atoms. The lowest BCUT2D eigenvalue weighted by Gasteiger charge is -2.19. The number of nitrogens with zero attached hydrogens (tertiary/aromatic N) is 2. The second-order valence-corrected chi connectivity index (χ2v) is 6.43. The first kappa shape index (κ1) is 15.4. The Balaban J connectivity index is 2.65. The van der Waals surface area contributed by atoms with Crippen LogP contribution in [0.3, 0.4) is 0 Å². The second kappa shape index (κ2) is 7.71. The molecule has 0 aliphatic carbocycles. The molecule has 0 saturated heterocycles. The van der Waals surface area contributed by atoms with Crippen LogP contribution in [-0.2, 0) is 16.6 Å². The summed E-state index contributed by atoms with van der Waals surface area (Å²) in [7, 11) is -3.21. The van der Waals surface area contributed by atoms with E-state index in [0.29, 0.717) is 25.4 Å². The highest BCUT2D eigenvalue weighted by Gasteiger charge is 2.20. The van der Waals surface area contributed by atoms with Gasteiger partial charge in [0, 0.05) is 18.6 Å². The van der Waals surface area contributed by atoms with E-state index in [1.807, 2.05) is 25.1 Å². The fraction of sp³-hybridized carbons (Fsp3) is 0.583. The monoisotopic (exact) mass is 290 g/mol. The molecule has 1 aromatic heterocycles. The Bertz CT molecular complexity index is 437. The molecule has 0 radical (unpaired) electrons. The van der Waals surface area contributed by atoms with E-state index in [0.717, 1.165) is 12.1 Å². The largest absolute Gasteiger partial charge is 0.260 e. The molecule has 0 aliphatic rings. The van der Waals surface area contributed by atoms with Crippen molar-refractivity contribution in [2.24, 2.45) is 0 Å². The van der Waals surface area contributed by atoms with Crippen LogP contribution in [0, 0.1) is 0 Å². The first-order valence-electron chi connectivity index (χ1n) is 6.04. The Hall–Kier alpha value is -0.650. The molecule has 1 rings (SSSR count). The highest BCUT2D eigenvalue weighted by atomic mass is 35.5. The Morgan fingerprint density at radius 3 is 2.67 bits per heavy atom. The van der Waals surface area contributed by atoms with E-state index < -0.39 is 10.0 Å². The normalized spacial score (nSPS) is 11.9. The van der Waals surface area contributed by atoms with Gasteiger partial charge in [-0.15, -0.1) is 11.6 Å². The standard InChI is InChI=1S/C12H19ClN2O2S/c1-2-15(11-12-7-3-5-9-14-12)18(16,17)10-6-4-8-13/h3,5,7,9H,2,4,6,8,10-11H2,1H3. The first-order valence-corrected chi connectivity index (χ1v) is 8.18. The quantitative estimate of drug-likeness (QED) is 0.545. The second-order valence-electron chi connectivity index (χ2n) is 3.96. The van der Waals surface area contributed by atoms with E-state index in [2.05, 4.69) is 4.98 Å². The summed E-state index contributed by atoms with van der Waals surface area (Å²) in [6.45, 7) is 2.63. The molecule has 0 N–H and O–H groups in total. The minimum atomic E-state index is -3.21. The Labute approximate surface area is 114 Å². The Morgan fingerprint density at radius 2 is 2.11 bits per heavy atom. The molecule has 0 unspecified atom stereocenters. The van der Waals surface area contributed by atoms with Crippen molar-refractivity contribution in [3.63, 3.8) is 0 Å². The maximum atomic E-state index is 12.1. The van der Waals surface area contributed by atoms with Crippen LogP contribution in [0.2, 0.25) is 0 Å². The number of unbranched alkanes of at least 4 members (excludes halogenated alkanes) is 1. The van der Waals surface area contributed by atoms with Crippen molar-refractivity contribution in [2.75, 3.05) is 18.2 Å². The Kier molecular flexibility index (Phi) is 6.60. The van der Waals surface area contributed by atoms with Crippen LogP contribution < -0.4 is 0 Å². The highest BCUT2D eigenvalue weighted by Crippen LogP contribution is 2.09. The van der Waals surface area contributed by atoms with Crippen LogP contribution >= 0.6 is 11.6 Å². The maximum Gasteiger partial charge on any atom is 0.214 e. The van der Waals surface area contributed by atoms with Gasteiger partial charge >= 0.3 is 0 Å². The summed E-state index contributed by atoms with van der Waals surface area (Å²) in [6.07, 6.45) is 3.00. The van der Waals surface area contributed by atoms with Gasteiger partial charge in [-0.25, -0.2) is 8.42 Å². The van der Waals surface area contributed by atoms with Crippen LogP contribution in [0.4, 0.5) is 0 Å².